The zero-order valence-electron chi connectivity index (χ0n) is 17.1. The van der Waals surface area contributed by atoms with Crippen LogP contribution >= 0.6 is 0 Å². The van der Waals surface area contributed by atoms with Gasteiger partial charge >= 0.3 is 0 Å². The Kier molecular flexibility index (Phi) is 5.30. The van der Waals surface area contributed by atoms with Gasteiger partial charge < -0.3 is 9.30 Å². The number of pyridine rings is 1. The number of hydrogen-bond acceptors (Lipinski definition) is 4. The number of hydrazone groups is 1. The molecule has 2 aromatic heterocycles. The second kappa shape index (κ2) is 8.21. The fraction of sp³-hybridized carbons (Fsp3) is 0.125. The number of ether oxygens (including phenoxy) is 1. The first-order valence-corrected chi connectivity index (χ1v) is 9.58. The van der Waals surface area contributed by atoms with Crippen LogP contribution < -0.4 is 10.2 Å². The van der Waals surface area contributed by atoms with Gasteiger partial charge in [0.15, 0.2) is 0 Å². The van der Waals surface area contributed by atoms with Crippen LogP contribution in [0.3, 0.4) is 0 Å². The number of carbonyl (C=O) groups is 1. The van der Waals surface area contributed by atoms with Gasteiger partial charge in [-0.15, -0.1) is 0 Å². The van der Waals surface area contributed by atoms with Crippen molar-refractivity contribution in [1.29, 1.82) is 0 Å². The number of carbonyl (C=O) groups excluding carboxylic acids is 1. The molecule has 0 aliphatic heterocycles. The first kappa shape index (κ1) is 19.4. The highest BCUT2D eigenvalue weighted by Crippen LogP contribution is 2.26. The predicted molar refractivity (Wildman–Crippen MR) is 119 cm³/mol. The molecule has 0 radical (unpaired) electrons. The van der Waals surface area contributed by atoms with Crippen molar-refractivity contribution in [3.05, 3.63) is 89.5 Å². The molecule has 4 rings (SSSR count). The van der Waals surface area contributed by atoms with Crippen molar-refractivity contribution >= 4 is 22.9 Å². The van der Waals surface area contributed by atoms with Crippen LogP contribution in [0.15, 0.2) is 72.1 Å². The molecule has 1 N–H and O–H groups in total. The Labute approximate surface area is 174 Å². The van der Waals surface area contributed by atoms with Crippen LogP contribution in [0.4, 0.5) is 0 Å². The lowest BCUT2D eigenvalue weighted by Gasteiger charge is -2.09. The lowest BCUT2D eigenvalue weighted by Crippen LogP contribution is -2.18. The van der Waals surface area contributed by atoms with Crippen LogP contribution in [0.1, 0.15) is 27.3 Å². The number of nitrogens with zero attached hydrogens (tertiary/aromatic N) is 3. The Hall–Kier alpha value is -3.93. The van der Waals surface area contributed by atoms with E-state index in [1.54, 1.807) is 25.7 Å². The SMILES string of the molecule is COc1cc2ccccc2cc1C(=O)N/N=C\c1cc(C)n(-c2ccncc2)c1C. The summed E-state index contributed by atoms with van der Waals surface area (Å²) in [7, 11) is 1.55. The topological polar surface area (TPSA) is 68.5 Å². The predicted octanol–water partition coefficient (Wildman–Crippen LogP) is 4.41. The summed E-state index contributed by atoms with van der Waals surface area (Å²) in [6.45, 7) is 4.05. The smallest absolute Gasteiger partial charge is 0.275 e. The average molecular weight is 398 g/mol. The molecule has 0 unspecified atom stereocenters. The van der Waals surface area contributed by atoms with Crippen LogP contribution in [0.2, 0.25) is 0 Å². The van der Waals surface area contributed by atoms with E-state index in [-0.39, 0.29) is 5.91 Å². The fourth-order valence-corrected chi connectivity index (χ4v) is 3.60. The van der Waals surface area contributed by atoms with Crippen LogP contribution in [-0.2, 0) is 0 Å². The van der Waals surface area contributed by atoms with Gasteiger partial charge in [0.25, 0.3) is 5.91 Å². The Morgan fingerprint density at radius 2 is 1.77 bits per heavy atom. The Bertz CT molecular complexity index is 1240. The Morgan fingerprint density at radius 3 is 2.47 bits per heavy atom. The first-order valence-electron chi connectivity index (χ1n) is 9.58. The molecule has 0 atom stereocenters. The number of nitrogens with one attached hydrogen (secondary N) is 1. The van der Waals surface area contributed by atoms with E-state index in [0.29, 0.717) is 11.3 Å². The molecule has 30 heavy (non-hydrogen) atoms. The number of fused-ring (bicyclic) bond motifs is 1. The molecule has 2 aromatic carbocycles. The van der Waals surface area contributed by atoms with E-state index < -0.39 is 0 Å². The summed E-state index contributed by atoms with van der Waals surface area (Å²) in [5.41, 5.74) is 7.11. The number of amides is 1. The third kappa shape index (κ3) is 3.67. The zero-order chi connectivity index (χ0) is 21.1. The van der Waals surface area contributed by atoms with Crippen LogP contribution in [0.5, 0.6) is 5.75 Å². The van der Waals surface area contributed by atoms with Gasteiger partial charge in [0.05, 0.1) is 18.9 Å². The van der Waals surface area contributed by atoms with Crippen molar-refractivity contribution in [3.63, 3.8) is 0 Å². The number of benzene rings is 2. The summed E-state index contributed by atoms with van der Waals surface area (Å²) < 4.78 is 7.53. The maximum Gasteiger partial charge on any atom is 0.275 e. The first-order chi connectivity index (χ1) is 14.6. The minimum atomic E-state index is -0.322. The molecule has 0 fully saturated rings. The lowest BCUT2D eigenvalue weighted by molar-refractivity contribution is 0.0952. The standard InChI is InChI=1S/C24H22N4O2/c1-16-12-20(17(2)28(16)21-8-10-25-11-9-21)15-26-27-24(29)22-13-18-6-4-5-7-19(18)14-23(22)30-3/h4-15H,1-3H3,(H,27,29)/b26-15-. The highest BCUT2D eigenvalue weighted by Gasteiger charge is 2.14. The fourth-order valence-electron chi connectivity index (χ4n) is 3.60. The van der Waals surface area contributed by atoms with E-state index in [9.17, 15) is 4.79 Å². The highest BCUT2D eigenvalue weighted by molar-refractivity contribution is 6.02. The summed E-state index contributed by atoms with van der Waals surface area (Å²) in [6.07, 6.45) is 5.18. The molecule has 4 aromatic rings. The number of hydrogen-bond donors (Lipinski definition) is 1. The van der Waals surface area contributed by atoms with Gasteiger partial charge in [0.2, 0.25) is 0 Å². The normalized spacial score (nSPS) is 11.2. The van der Waals surface area contributed by atoms with E-state index in [1.807, 2.05) is 68.4 Å². The summed E-state index contributed by atoms with van der Waals surface area (Å²) in [5, 5.41) is 6.15. The third-order valence-electron chi connectivity index (χ3n) is 5.07. The lowest BCUT2D eigenvalue weighted by atomic mass is 10.1. The molecule has 6 nitrogen and oxygen atoms in total. The molecule has 0 saturated carbocycles. The van der Waals surface area contributed by atoms with Gasteiger partial charge in [0.1, 0.15) is 5.75 Å². The third-order valence-corrected chi connectivity index (χ3v) is 5.07. The molecule has 0 bridgehead atoms. The molecular formula is C24H22N4O2. The molecule has 150 valence electrons. The second-order valence-corrected chi connectivity index (χ2v) is 6.97. The molecule has 0 spiro atoms. The van der Waals surface area contributed by atoms with Gasteiger partial charge in [-0.05, 0) is 55.0 Å². The van der Waals surface area contributed by atoms with E-state index in [4.69, 9.17) is 4.74 Å². The number of aromatic nitrogens is 2. The molecule has 2 heterocycles. The van der Waals surface area contributed by atoms with E-state index in [1.165, 1.54) is 0 Å². The van der Waals surface area contributed by atoms with Crippen molar-refractivity contribution in [1.82, 2.24) is 15.0 Å². The molecule has 0 saturated heterocycles. The van der Waals surface area contributed by atoms with Crippen molar-refractivity contribution in [2.45, 2.75) is 13.8 Å². The quantitative estimate of drug-likeness (QED) is 0.400. The monoisotopic (exact) mass is 398 g/mol. The van der Waals surface area contributed by atoms with Crippen molar-refractivity contribution in [2.75, 3.05) is 7.11 Å². The Morgan fingerprint density at radius 1 is 1.07 bits per heavy atom. The van der Waals surface area contributed by atoms with Gasteiger partial charge in [-0.2, -0.15) is 5.10 Å². The number of rotatable bonds is 5. The number of aryl methyl sites for hydroxylation is 1. The largest absolute Gasteiger partial charge is 0.496 e. The maximum absolute atomic E-state index is 12.7. The summed E-state index contributed by atoms with van der Waals surface area (Å²) in [4.78, 5) is 16.8. The van der Waals surface area contributed by atoms with Crippen LogP contribution in [0, 0.1) is 13.8 Å². The Balaban J connectivity index is 1.57. The van der Waals surface area contributed by atoms with E-state index in [2.05, 4.69) is 20.1 Å². The molecular weight excluding hydrogens is 376 g/mol. The van der Waals surface area contributed by atoms with Crippen molar-refractivity contribution in [3.8, 4) is 11.4 Å². The van der Waals surface area contributed by atoms with Gasteiger partial charge in [-0.1, -0.05) is 24.3 Å². The molecule has 6 heteroatoms. The van der Waals surface area contributed by atoms with Crippen molar-refractivity contribution in [2.24, 2.45) is 5.10 Å². The van der Waals surface area contributed by atoms with Gasteiger partial charge in [-0.3, -0.25) is 9.78 Å². The molecule has 0 aliphatic carbocycles. The summed E-state index contributed by atoms with van der Waals surface area (Å²) in [6, 6.07) is 17.4. The summed E-state index contributed by atoms with van der Waals surface area (Å²) in [5.74, 6) is 0.189. The minimum absolute atomic E-state index is 0.322. The molecule has 0 aliphatic rings. The average Bonchev–Trinajstić information content (AvgIpc) is 3.06. The number of methoxy groups -OCH3 is 1. The van der Waals surface area contributed by atoms with Crippen molar-refractivity contribution < 1.29 is 9.53 Å². The van der Waals surface area contributed by atoms with Gasteiger partial charge in [0, 0.05) is 35.0 Å². The zero-order valence-corrected chi connectivity index (χ0v) is 17.1. The van der Waals surface area contributed by atoms with E-state index in [0.717, 1.165) is 33.4 Å². The second-order valence-electron chi connectivity index (χ2n) is 6.97. The van der Waals surface area contributed by atoms with Crippen LogP contribution in [0.25, 0.3) is 16.5 Å². The van der Waals surface area contributed by atoms with E-state index >= 15 is 0 Å². The maximum atomic E-state index is 12.7. The van der Waals surface area contributed by atoms with Gasteiger partial charge in [-0.25, -0.2) is 5.43 Å². The molecule has 1 amide bonds. The van der Waals surface area contributed by atoms with Crippen LogP contribution in [-0.4, -0.2) is 28.8 Å². The highest BCUT2D eigenvalue weighted by atomic mass is 16.5. The summed E-state index contributed by atoms with van der Waals surface area (Å²) >= 11 is 0. The minimum Gasteiger partial charge on any atom is -0.496 e.